The van der Waals surface area contributed by atoms with Crippen LogP contribution < -0.4 is 0 Å². The Kier molecular flexibility index (Phi) is 2.39. The number of aliphatic carboxylic acids is 1. The van der Waals surface area contributed by atoms with Crippen molar-refractivity contribution in [1.29, 1.82) is 0 Å². The Morgan fingerprint density at radius 1 is 1.67 bits per heavy atom. The van der Waals surface area contributed by atoms with Crippen molar-refractivity contribution in [2.45, 2.75) is 25.0 Å². The molecule has 1 fully saturated rings. The van der Waals surface area contributed by atoms with E-state index in [9.17, 15) is 4.79 Å². The molecule has 1 aliphatic rings. The lowest BCUT2D eigenvalue weighted by molar-refractivity contribution is -0.153. The number of nitrogens with zero attached hydrogens (tertiary/aromatic N) is 1. The Bertz CT molecular complexity index is 193. The van der Waals surface area contributed by atoms with Crippen LogP contribution in [0.2, 0.25) is 0 Å². The van der Waals surface area contributed by atoms with Gasteiger partial charge in [-0.1, -0.05) is 0 Å². The zero-order valence-corrected chi connectivity index (χ0v) is 7.70. The second-order valence-corrected chi connectivity index (χ2v) is 3.39. The van der Waals surface area contributed by atoms with Crippen LogP contribution in [0.1, 0.15) is 13.3 Å². The molecule has 0 aromatic carbocycles. The fourth-order valence-electron chi connectivity index (χ4n) is 1.79. The molecule has 4 nitrogen and oxygen atoms in total. The number of carboxylic acid groups (broad SMARTS) is 1. The summed E-state index contributed by atoms with van der Waals surface area (Å²) in [5.74, 6) is -0.794. The molecule has 1 saturated heterocycles. The summed E-state index contributed by atoms with van der Waals surface area (Å²) >= 11 is 0. The minimum absolute atomic E-state index is 0.231. The highest BCUT2D eigenvalue weighted by atomic mass is 16.5. The zero-order valence-electron chi connectivity index (χ0n) is 7.70. The van der Waals surface area contributed by atoms with Crippen molar-refractivity contribution >= 4 is 5.97 Å². The molecule has 2 atom stereocenters. The maximum absolute atomic E-state index is 11.1. The molecule has 0 aliphatic carbocycles. The fraction of sp³-hybridized carbons (Fsp3) is 0.875. The normalized spacial score (nSPS) is 35.8. The van der Waals surface area contributed by atoms with Crippen LogP contribution in [-0.2, 0) is 9.53 Å². The third kappa shape index (κ3) is 1.11. The summed E-state index contributed by atoms with van der Waals surface area (Å²) in [6.07, 6.45) is 0.334. The molecule has 0 aromatic rings. The van der Waals surface area contributed by atoms with Gasteiger partial charge in [0.05, 0.1) is 6.10 Å². The average Bonchev–Trinajstić information content (AvgIpc) is 2.31. The van der Waals surface area contributed by atoms with Gasteiger partial charge >= 0.3 is 5.97 Å². The lowest BCUT2D eigenvalue weighted by Gasteiger charge is -2.34. The molecule has 1 N–H and O–H groups in total. The van der Waals surface area contributed by atoms with Crippen molar-refractivity contribution < 1.29 is 14.6 Å². The standard InChI is InChI=1S/C8H15NO3/c1-6-8(7(10)11,9(2)3)4-5-12-6/h6H,4-5H2,1-3H3,(H,10,11). The van der Waals surface area contributed by atoms with Gasteiger partial charge in [-0.15, -0.1) is 0 Å². The van der Waals surface area contributed by atoms with E-state index in [0.29, 0.717) is 13.0 Å². The summed E-state index contributed by atoms with van der Waals surface area (Å²) in [6.45, 7) is 2.34. The highest BCUT2D eigenvalue weighted by molar-refractivity contribution is 5.80. The minimum Gasteiger partial charge on any atom is -0.480 e. The number of hydrogen-bond donors (Lipinski definition) is 1. The maximum Gasteiger partial charge on any atom is 0.326 e. The van der Waals surface area contributed by atoms with Gasteiger partial charge in [-0.05, 0) is 21.0 Å². The Labute approximate surface area is 72.1 Å². The van der Waals surface area contributed by atoms with Crippen LogP contribution in [0.5, 0.6) is 0 Å². The highest BCUT2D eigenvalue weighted by Gasteiger charge is 2.50. The molecule has 0 saturated carbocycles. The number of carboxylic acids is 1. The SMILES string of the molecule is CC1OCCC1(C(=O)O)N(C)C. The molecule has 0 bridgehead atoms. The highest BCUT2D eigenvalue weighted by Crippen LogP contribution is 2.30. The predicted molar refractivity (Wildman–Crippen MR) is 44.1 cm³/mol. The molecule has 70 valence electrons. The minimum atomic E-state index is -0.819. The lowest BCUT2D eigenvalue weighted by atomic mass is 9.91. The van der Waals surface area contributed by atoms with Gasteiger partial charge in [0, 0.05) is 13.0 Å². The van der Waals surface area contributed by atoms with Crippen LogP contribution >= 0.6 is 0 Å². The third-order valence-electron chi connectivity index (χ3n) is 2.69. The van der Waals surface area contributed by atoms with E-state index in [4.69, 9.17) is 9.84 Å². The molecule has 12 heavy (non-hydrogen) atoms. The predicted octanol–water partition coefficient (Wildman–Crippen LogP) is 0.180. The molecular formula is C8H15NO3. The van der Waals surface area contributed by atoms with Crippen LogP contribution in [-0.4, -0.2) is 48.3 Å². The van der Waals surface area contributed by atoms with Crippen LogP contribution in [0.25, 0.3) is 0 Å². The van der Waals surface area contributed by atoms with Crippen LogP contribution in [0.3, 0.4) is 0 Å². The number of rotatable bonds is 2. The summed E-state index contributed by atoms with van der Waals surface area (Å²) in [6, 6.07) is 0. The zero-order chi connectivity index (χ0) is 9.35. The summed E-state index contributed by atoms with van der Waals surface area (Å²) in [7, 11) is 3.55. The van der Waals surface area contributed by atoms with Gasteiger partial charge in [0.1, 0.15) is 5.54 Å². The van der Waals surface area contributed by atoms with Gasteiger partial charge in [-0.2, -0.15) is 0 Å². The van der Waals surface area contributed by atoms with E-state index >= 15 is 0 Å². The molecule has 1 heterocycles. The molecular weight excluding hydrogens is 158 g/mol. The summed E-state index contributed by atoms with van der Waals surface area (Å²) in [4.78, 5) is 12.8. The second kappa shape index (κ2) is 3.03. The molecule has 0 radical (unpaired) electrons. The number of hydrogen-bond acceptors (Lipinski definition) is 3. The molecule has 4 heteroatoms. The maximum atomic E-state index is 11.1. The molecule has 0 spiro atoms. The van der Waals surface area contributed by atoms with Gasteiger partial charge in [-0.25, -0.2) is 0 Å². The quantitative estimate of drug-likeness (QED) is 0.647. The molecule has 1 rings (SSSR count). The van der Waals surface area contributed by atoms with Crippen molar-refractivity contribution in [3.63, 3.8) is 0 Å². The van der Waals surface area contributed by atoms with Gasteiger partial charge in [0.25, 0.3) is 0 Å². The first-order chi connectivity index (χ1) is 5.51. The van der Waals surface area contributed by atoms with Crippen molar-refractivity contribution in [2.24, 2.45) is 0 Å². The average molecular weight is 173 g/mol. The first-order valence-corrected chi connectivity index (χ1v) is 4.04. The van der Waals surface area contributed by atoms with E-state index in [1.165, 1.54) is 0 Å². The van der Waals surface area contributed by atoms with Crippen LogP contribution in [0, 0.1) is 0 Å². The second-order valence-electron chi connectivity index (χ2n) is 3.39. The Morgan fingerprint density at radius 3 is 2.42 bits per heavy atom. The third-order valence-corrected chi connectivity index (χ3v) is 2.69. The first kappa shape index (κ1) is 9.48. The number of ether oxygens (including phenoxy) is 1. The Morgan fingerprint density at radius 2 is 2.25 bits per heavy atom. The molecule has 1 aliphatic heterocycles. The van der Waals surface area contributed by atoms with E-state index in [0.717, 1.165) is 0 Å². The van der Waals surface area contributed by atoms with Gasteiger partial charge in [-0.3, -0.25) is 9.69 Å². The fourth-order valence-corrected chi connectivity index (χ4v) is 1.79. The number of carbonyl (C=O) groups is 1. The van der Waals surface area contributed by atoms with Gasteiger partial charge < -0.3 is 9.84 Å². The van der Waals surface area contributed by atoms with E-state index in [2.05, 4.69) is 0 Å². The largest absolute Gasteiger partial charge is 0.480 e. The number of likely N-dealkylation sites (N-methyl/N-ethyl adjacent to an activating group) is 1. The molecule has 0 aromatic heterocycles. The molecule has 2 unspecified atom stereocenters. The van der Waals surface area contributed by atoms with Gasteiger partial charge in [0.2, 0.25) is 0 Å². The summed E-state index contributed by atoms with van der Waals surface area (Å²) < 4.78 is 5.27. The smallest absolute Gasteiger partial charge is 0.326 e. The van der Waals surface area contributed by atoms with Crippen molar-refractivity contribution in [2.75, 3.05) is 20.7 Å². The van der Waals surface area contributed by atoms with Crippen molar-refractivity contribution in [3.05, 3.63) is 0 Å². The van der Waals surface area contributed by atoms with E-state index in [1.54, 1.807) is 25.9 Å². The summed E-state index contributed by atoms with van der Waals surface area (Å²) in [5.41, 5.74) is -0.819. The van der Waals surface area contributed by atoms with E-state index in [-0.39, 0.29) is 6.10 Å². The topological polar surface area (TPSA) is 49.8 Å². The van der Waals surface area contributed by atoms with Crippen LogP contribution in [0.15, 0.2) is 0 Å². The monoisotopic (exact) mass is 173 g/mol. The first-order valence-electron chi connectivity index (χ1n) is 4.04. The Hall–Kier alpha value is -0.610. The lowest BCUT2D eigenvalue weighted by Crippen LogP contribution is -2.55. The summed E-state index contributed by atoms with van der Waals surface area (Å²) in [5, 5.41) is 9.08. The van der Waals surface area contributed by atoms with Crippen molar-refractivity contribution in [1.82, 2.24) is 4.90 Å². The van der Waals surface area contributed by atoms with E-state index in [1.807, 2.05) is 0 Å². The van der Waals surface area contributed by atoms with Crippen LogP contribution in [0.4, 0.5) is 0 Å². The van der Waals surface area contributed by atoms with Crippen molar-refractivity contribution in [3.8, 4) is 0 Å². The van der Waals surface area contributed by atoms with E-state index < -0.39 is 11.5 Å². The molecule has 0 amide bonds. The van der Waals surface area contributed by atoms with Gasteiger partial charge in [0.15, 0.2) is 0 Å². The Balaban J connectivity index is 2.93.